The third-order valence-electron chi connectivity index (χ3n) is 4.15. The van der Waals surface area contributed by atoms with Crippen molar-refractivity contribution in [2.75, 3.05) is 24.6 Å². The summed E-state index contributed by atoms with van der Waals surface area (Å²) in [6.45, 7) is 4.13. The molecule has 21 heavy (non-hydrogen) atoms. The highest BCUT2D eigenvalue weighted by atomic mass is 35.5. The lowest BCUT2D eigenvalue weighted by Crippen LogP contribution is -2.43. The van der Waals surface area contributed by atoms with Gasteiger partial charge in [-0.25, -0.2) is 0 Å². The van der Waals surface area contributed by atoms with E-state index in [4.69, 9.17) is 4.74 Å². The second-order valence-corrected chi connectivity index (χ2v) is 5.71. The summed E-state index contributed by atoms with van der Waals surface area (Å²) >= 11 is 0. The topological polar surface area (TPSA) is 41.6 Å². The van der Waals surface area contributed by atoms with Crippen molar-refractivity contribution in [2.24, 2.45) is 0 Å². The Morgan fingerprint density at radius 2 is 2.24 bits per heavy atom. The van der Waals surface area contributed by atoms with Gasteiger partial charge in [-0.05, 0) is 37.8 Å². The molecule has 1 aromatic carbocycles. The number of carbonyl (C=O) groups is 1. The van der Waals surface area contributed by atoms with Gasteiger partial charge in [0.25, 0.3) is 0 Å². The predicted octanol–water partition coefficient (Wildman–Crippen LogP) is 2.15. The SMILES string of the molecule is CC1Cc2ccccc2N1C(=O)CNCC1CCCO1.Cl. The summed E-state index contributed by atoms with van der Waals surface area (Å²) in [6.07, 6.45) is 3.47. The van der Waals surface area contributed by atoms with E-state index < -0.39 is 0 Å². The highest BCUT2D eigenvalue weighted by Gasteiger charge is 2.30. The van der Waals surface area contributed by atoms with Crippen molar-refractivity contribution in [2.45, 2.75) is 38.3 Å². The van der Waals surface area contributed by atoms with Crippen molar-refractivity contribution < 1.29 is 9.53 Å². The van der Waals surface area contributed by atoms with Crippen LogP contribution in [0, 0.1) is 0 Å². The third-order valence-corrected chi connectivity index (χ3v) is 4.15. The van der Waals surface area contributed by atoms with E-state index in [1.807, 2.05) is 23.1 Å². The second kappa shape index (κ2) is 7.25. The number of rotatable bonds is 4. The molecule has 1 saturated heterocycles. The van der Waals surface area contributed by atoms with E-state index in [9.17, 15) is 4.79 Å². The number of amides is 1. The van der Waals surface area contributed by atoms with Gasteiger partial charge in [-0.3, -0.25) is 4.79 Å². The first-order chi connectivity index (χ1) is 9.75. The summed E-state index contributed by atoms with van der Waals surface area (Å²) in [4.78, 5) is 14.3. The standard InChI is InChI=1S/C16H22N2O2.ClH/c1-12-9-13-5-2-3-7-15(13)18(12)16(19)11-17-10-14-6-4-8-20-14;/h2-3,5,7,12,14,17H,4,6,8-11H2,1H3;1H. The average molecular weight is 311 g/mol. The lowest BCUT2D eigenvalue weighted by molar-refractivity contribution is -0.118. The van der Waals surface area contributed by atoms with Gasteiger partial charge in [0.05, 0.1) is 12.6 Å². The van der Waals surface area contributed by atoms with Gasteiger partial charge in [0.2, 0.25) is 5.91 Å². The molecule has 3 rings (SSSR count). The van der Waals surface area contributed by atoms with Crippen LogP contribution in [0.15, 0.2) is 24.3 Å². The summed E-state index contributed by atoms with van der Waals surface area (Å²) in [7, 11) is 0. The molecule has 0 radical (unpaired) electrons. The molecule has 0 saturated carbocycles. The zero-order valence-corrected chi connectivity index (χ0v) is 13.2. The highest BCUT2D eigenvalue weighted by molar-refractivity contribution is 5.97. The second-order valence-electron chi connectivity index (χ2n) is 5.71. The monoisotopic (exact) mass is 310 g/mol. The fraction of sp³-hybridized carbons (Fsp3) is 0.562. The molecule has 1 amide bonds. The van der Waals surface area contributed by atoms with Crippen molar-refractivity contribution >= 4 is 24.0 Å². The first-order valence-corrected chi connectivity index (χ1v) is 7.48. The molecule has 0 aliphatic carbocycles. The lowest BCUT2D eigenvalue weighted by Gasteiger charge is -2.23. The van der Waals surface area contributed by atoms with Crippen molar-refractivity contribution in [1.82, 2.24) is 5.32 Å². The molecular weight excluding hydrogens is 288 g/mol. The van der Waals surface area contributed by atoms with Crippen molar-refractivity contribution in [3.05, 3.63) is 29.8 Å². The minimum atomic E-state index is 0. The Morgan fingerprint density at radius 1 is 1.43 bits per heavy atom. The van der Waals surface area contributed by atoms with Crippen LogP contribution in [0.1, 0.15) is 25.3 Å². The van der Waals surface area contributed by atoms with Crippen LogP contribution in [-0.4, -0.2) is 37.7 Å². The van der Waals surface area contributed by atoms with Gasteiger partial charge in [0.1, 0.15) is 0 Å². The number of fused-ring (bicyclic) bond motifs is 1. The molecule has 2 aliphatic heterocycles. The number of benzene rings is 1. The summed E-state index contributed by atoms with van der Waals surface area (Å²) in [5.41, 5.74) is 2.34. The Balaban J connectivity index is 0.00000161. The first kappa shape index (κ1) is 16.3. The number of carbonyl (C=O) groups excluding carboxylic acids is 1. The molecule has 4 nitrogen and oxygen atoms in total. The Morgan fingerprint density at radius 3 is 3.00 bits per heavy atom. The van der Waals surface area contributed by atoms with Crippen LogP contribution in [-0.2, 0) is 16.0 Å². The Labute approximate surface area is 132 Å². The third kappa shape index (κ3) is 3.57. The number of para-hydroxylation sites is 1. The predicted molar refractivity (Wildman–Crippen MR) is 86.2 cm³/mol. The Kier molecular flexibility index (Phi) is 5.62. The van der Waals surface area contributed by atoms with Crippen LogP contribution in [0.2, 0.25) is 0 Å². The van der Waals surface area contributed by atoms with E-state index in [2.05, 4.69) is 18.3 Å². The van der Waals surface area contributed by atoms with Gasteiger partial charge in [-0.2, -0.15) is 0 Å². The van der Waals surface area contributed by atoms with Crippen LogP contribution in [0.3, 0.4) is 0 Å². The average Bonchev–Trinajstić information content (AvgIpc) is 3.04. The molecule has 2 heterocycles. The molecule has 0 aromatic heterocycles. The van der Waals surface area contributed by atoms with Crippen LogP contribution in [0.4, 0.5) is 5.69 Å². The Bertz CT molecular complexity index is 489. The molecular formula is C16H23ClN2O2. The maximum atomic E-state index is 12.4. The van der Waals surface area contributed by atoms with Gasteiger partial charge in [0, 0.05) is 24.9 Å². The maximum Gasteiger partial charge on any atom is 0.241 e. The largest absolute Gasteiger partial charge is 0.377 e. The van der Waals surface area contributed by atoms with E-state index in [0.29, 0.717) is 6.54 Å². The normalized spacial score (nSPS) is 23.8. The minimum Gasteiger partial charge on any atom is -0.377 e. The number of nitrogens with one attached hydrogen (secondary N) is 1. The van der Waals surface area contributed by atoms with Crippen LogP contribution in [0.25, 0.3) is 0 Å². The summed E-state index contributed by atoms with van der Waals surface area (Å²) in [5.74, 6) is 0.153. The van der Waals surface area contributed by atoms with E-state index in [-0.39, 0.29) is 30.5 Å². The summed E-state index contributed by atoms with van der Waals surface area (Å²) in [6, 6.07) is 8.44. The number of ether oxygens (including phenoxy) is 1. The molecule has 0 bridgehead atoms. The van der Waals surface area contributed by atoms with Crippen LogP contribution >= 0.6 is 12.4 Å². The van der Waals surface area contributed by atoms with Gasteiger partial charge in [-0.15, -0.1) is 12.4 Å². The molecule has 1 N–H and O–H groups in total. The minimum absolute atomic E-state index is 0. The summed E-state index contributed by atoms with van der Waals surface area (Å²) < 4.78 is 5.55. The molecule has 2 atom stereocenters. The Hall–Kier alpha value is -1.10. The van der Waals surface area contributed by atoms with E-state index in [1.165, 1.54) is 5.56 Å². The van der Waals surface area contributed by atoms with Crippen molar-refractivity contribution in [3.63, 3.8) is 0 Å². The number of nitrogens with zero attached hydrogens (tertiary/aromatic N) is 1. The highest BCUT2D eigenvalue weighted by Crippen LogP contribution is 2.31. The number of anilines is 1. The lowest BCUT2D eigenvalue weighted by atomic mass is 10.1. The van der Waals surface area contributed by atoms with Crippen LogP contribution < -0.4 is 10.2 Å². The van der Waals surface area contributed by atoms with Gasteiger partial charge < -0.3 is 15.0 Å². The number of hydrogen-bond donors (Lipinski definition) is 1. The molecule has 5 heteroatoms. The smallest absolute Gasteiger partial charge is 0.241 e. The van der Waals surface area contributed by atoms with Crippen LogP contribution in [0.5, 0.6) is 0 Å². The van der Waals surface area contributed by atoms with E-state index >= 15 is 0 Å². The maximum absolute atomic E-state index is 12.4. The van der Waals surface area contributed by atoms with Gasteiger partial charge >= 0.3 is 0 Å². The summed E-state index contributed by atoms with van der Waals surface area (Å²) in [5, 5.41) is 3.24. The molecule has 1 aromatic rings. The molecule has 2 aliphatic rings. The fourth-order valence-corrected chi connectivity index (χ4v) is 3.18. The first-order valence-electron chi connectivity index (χ1n) is 7.48. The fourth-order valence-electron chi connectivity index (χ4n) is 3.18. The van der Waals surface area contributed by atoms with Gasteiger partial charge in [-0.1, -0.05) is 18.2 Å². The van der Waals surface area contributed by atoms with Crippen molar-refractivity contribution in [3.8, 4) is 0 Å². The molecule has 2 unspecified atom stereocenters. The number of hydrogen-bond acceptors (Lipinski definition) is 3. The number of halogens is 1. The molecule has 116 valence electrons. The van der Waals surface area contributed by atoms with Crippen molar-refractivity contribution in [1.29, 1.82) is 0 Å². The van der Waals surface area contributed by atoms with E-state index in [1.54, 1.807) is 0 Å². The van der Waals surface area contributed by atoms with Gasteiger partial charge in [0.15, 0.2) is 0 Å². The zero-order chi connectivity index (χ0) is 13.9. The quantitative estimate of drug-likeness (QED) is 0.926. The van der Waals surface area contributed by atoms with E-state index in [0.717, 1.165) is 38.1 Å². The molecule has 0 spiro atoms. The molecule has 1 fully saturated rings. The zero-order valence-electron chi connectivity index (χ0n) is 12.4.